The second kappa shape index (κ2) is 7.93. The predicted octanol–water partition coefficient (Wildman–Crippen LogP) is 0.0574. The molecular formula is C15H25N5O2. The number of carbonyl (C=O) groups is 2. The van der Waals surface area contributed by atoms with Gasteiger partial charge in [0.25, 0.3) is 0 Å². The summed E-state index contributed by atoms with van der Waals surface area (Å²) in [4.78, 5) is 25.6. The number of hydrogen-bond acceptors (Lipinski definition) is 4. The van der Waals surface area contributed by atoms with E-state index in [1.54, 1.807) is 19.4 Å². The summed E-state index contributed by atoms with van der Waals surface area (Å²) in [5.74, 6) is 0.131. The minimum atomic E-state index is 0.0596. The number of nitrogens with zero attached hydrogens (tertiary/aromatic N) is 2. The van der Waals surface area contributed by atoms with Crippen LogP contribution in [0.25, 0.3) is 0 Å². The molecule has 0 bridgehead atoms. The first-order chi connectivity index (χ1) is 10.6. The molecule has 1 fully saturated rings. The van der Waals surface area contributed by atoms with Crippen molar-refractivity contribution in [2.24, 2.45) is 0 Å². The van der Waals surface area contributed by atoms with Crippen molar-refractivity contribution in [1.82, 2.24) is 25.7 Å². The average molecular weight is 307 g/mol. The summed E-state index contributed by atoms with van der Waals surface area (Å²) in [7, 11) is 3.69. The van der Waals surface area contributed by atoms with Crippen molar-refractivity contribution in [3.05, 3.63) is 18.0 Å². The summed E-state index contributed by atoms with van der Waals surface area (Å²) in [5, 5.41) is 12.3. The van der Waals surface area contributed by atoms with Crippen LogP contribution in [0.2, 0.25) is 0 Å². The van der Waals surface area contributed by atoms with Crippen LogP contribution in [-0.2, 0) is 16.0 Å². The Morgan fingerprint density at radius 1 is 1.36 bits per heavy atom. The van der Waals surface area contributed by atoms with E-state index >= 15 is 0 Å². The van der Waals surface area contributed by atoms with E-state index in [9.17, 15) is 9.59 Å². The lowest BCUT2D eigenvalue weighted by Gasteiger charge is -2.25. The van der Waals surface area contributed by atoms with Crippen LogP contribution < -0.4 is 10.6 Å². The maximum absolute atomic E-state index is 11.9. The first-order valence-electron chi connectivity index (χ1n) is 7.77. The number of carbonyl (C=O) groups excluding carboxylic acids is 2. The van der Waals surface area contributed by atoms with Crippen molar-refractivity contribution in [2.75, 3.05) is 20.6 Å². The number of hydrogen-bond donors (Lipinski definition) is 3. The maximum atomic E-state index is 11.9. The molecule has 7 heteroatoms. The Morgan fingerprint density at radius 2 is 2.14 bits per heavy atom. The van der Waals surface area contributed by atoms with Crippen LogP contribution in [0.1, 0.15) is 31.2 Å². The average Bonchev–Trinajstić information content (AvgIpc) is 3.14. The van der Waals surface area contributed by atoms with Crippen molar-refractivity contribution < 1.29 is 9.59 Å². The van der Waals surface area contributed by atoms with E-state index in [-0.39, 0.29) is 17.9 Å². The molecule has 7 nitrogen and oxygen atoms in total. The number of likely N-dealkylation sites (tertiary alicyclic amines) is 1. The Bertz CT molecular complexity index is 488. The van der Waals surface area contributed by atoms with Crippen molar-refractivity contribution in [3.8, 4) is 0 Å². The van der Waals surface area contributed by atoms with E-state index in [1.807, 2.05) is 7.05 Å². The minimum Gasteiger partial charge on any atom is -0.359 e. The van der Waals surface area contributed by atoms with Gasteiger partial charge in [-0.3, -0.25) is 19.6 Å². The lowest BCUT2D eigenvalue weighted by atomic mass is 10.1. The lowest BCUT2D eigenvalue weighted by Crippen LogP contribution is -2.42. The Labute approximate surface area is 130 Å². The van der Waals surface area contributed by atoms with Crippen LogP contribution in [-0.4, -0.2) is 59.6 Å². The molecule has 22 heavy (non-hydrogen) atoms. The molecule has 1 aliphatic rings. The molecule has 122 valence electrons. The smallest absolute Gasteiger partial charge is 0.221 e. The molecule has 0 unspecified atom stereocenters. The number of aromatic amines is 1. The number of likely N-dealkylation sites (N-methyl/N-ethyl adjacent to an activating group) is 1. The van der Waals surface area contributed by atoms with Gasteiger partial charge >= 0.3 is 0 Å². The zero-order valence-electron chi connectivity index (χ0n) is 13.3. The first-order valence-corrected chi connectivity index (χ1v) is 7.77. The molecule has 0 aliphatic carbocycles. The lowest BCUT2D eigenvalue weighted by molar-refractivity contribution is -0.122. The Balaban J connectivity index is 1.68. The molecule has 0 radical (unpaired) electrons. The molecule has 1 aromatic heterocycles. The van der Waals surface area contributed by atoms with E-state index in [4.69, 9.17) is 0 Å². The highest BCUT2D eigenvalue weighted by molar-refractivity contribution is 5.76. The van der Waals surface area contributed by atoms with Crippen molar-refractivity contribution in [3.63, 3.8) is 0 Å². The topological polar surface area (TPSA) is 90.1 Å². The van der Waals surface area contributed by atoms with Crippen LogP contribution in [0.3, 0.4) is 0 Å². The van der Waals surface area contributed by atoms with Gasteiger partial charge in [-0.2, -0.15) is 5.10 Å². The summed E-state index contributed by atoms with van der Waals surface area (Å²) < 4.78 is 0. The summed E-state index contributed by atoms with van der Waals surface area (Å²) in [6, 6.07) is 0.584. The molecule has 0 aromatic carbocycles. The second-order valence-corrected chi connectivity index (χ2v) is 5.84. The molecule has 3 N–H and O–H groups in total. The number of nitrogens with one attached hydrogen (secondary N) is 3. The fourth-order valence-corrected chi connectivity index (χ4v) is 2.89. The highest BCUT2D eigenvalue weighted by atomic mass is 16.2. The van der Waals surface area contributed by atoms with Crippen molar-refractivity contribution in [1.29, 1.82) is 0 Å². The van der Waals surface area contributed by atoms with Crippen LogP contribution in [0.15, 0.2) is 12.4 Å². The number of rotatable bonds is 7. The number of aryl methyl sites for hydroxylation is 1. The van der Waals surface area contributed by atoms with Crippen LogP contribution in [0, 0.1) is 0 Å². The molecule has 1 aliphatic heterocycles. The molecule has 0 saturated carbocycles. The van der Waals surface area contributed by atoms with Gasteiger partial charge in [0.1, 0.15) is 0 Å². The molecule has 2 atom stereocenters. The van der Waals surface area contributed by atoms with E-state index in [2.05, 4.69) is 25.7 Å². The molecular weight excluding hydrogens is 282 g/mol. The van der Waals surface area contributed by atoms with E-state index < -0.39 is 0 Å². The molecule has 2 amide bonds. The van der Waals surface area contributed by atoms with Gasteiger partial charge in [0.2, 0.25) is 11.8 Å². The first kappa shape index (κ1) is 16.5. The van der Waals surface area contributed by atoms with Gasteiger partial charge in [-0.05, 0) is 31.9 Å². The van der Waals surface area contributed by atoms with Gasteiger partial charge in [-0.1, -0.05) is 0 Å². The monoisotopic (exact) mass is 307 g/mol. The highest BCUT2D eigenvalue weighted by Crippen LogP contribution is 2.24. The standard InChI is InChI=1S/C15H25N5O2/c1-16-15(22)7-12-4-5-13(20(12)2)10-17-14(21)6-3-11-8-18-19-9-11/h8-9,12-13H,3-7,10H2,1-2H3,(H,16,22)(H,17,21)(H,18,19)/t12-,13+/m1/s1. The van der Waals surface area contributed by atoms with Crippen molar-refractivity contribution >= 4 is 11.8 Å². The van der Waals surface area contributed by atoms with Crippen LogP contribution >= 0.6 is 0 Å². The molecule has 2 heterocycles. The largest absolute Gasteiger partial charge is 0.359 e. The van der Waals surface area contributed by atoms with Crippen LogP contribution in [0.5, 0.6) is 0 Å². The van der Waals surface area contributed by atoms with Gasteiger partial charge in [-0.15, -0.1) is 0 Å². The fraction of sp³-hybridized carbons (Fsp3) is 0.667. The molecule has 1 aromatic rings. The number of amides is 2. The summed E-state index contributed by atoms with van der Waals surface area (Å²) in [5.41, 5.74) is 1.04. The van der Waals surface area contributed by atoms with E-state index in [1.165, 1.54) is 0 Å². The second-order valence-electron chi connectivity index (χ2n) is 5.84. The molecule has 0 spiro atoms. The Morgan fingerprint density at radius 3 is 2.82 bits per heavy atom. The van der Waals surface area contributed by atoms with Gasteiger partial charge in [0.15, 0.2) is 0 Å². The number of aromatic nitrogens is 2. The Hall–Kier alpha value is -1.89. The molecule has 2 rings (SSSR count). The van der Waals surface area contributed by atoms with Gasteiger partial charge in [0.05, 0.1) is 6.20 Å². The van der Waals surface area contributed by atoms with Gasteiger partial charge in [0, 0.05) is 44.7 Å². The molecule has 1 saturated heterocycles. The third-order valence-electron chi connectivity index (χ3n) is 4.42. The van der Waals surface area contributed by atoms with Gasteiger partial charge in [-0.25, -0.2) is 0 Å². The zero-order valence-corrected chi connectivity index (χ0v) is 13.3. The summed E-state index contributed by atoms with van der Waals surface area (Å²) >= 11 is 0. The summed E-state index contributed by atoms with van der Waals surface area (Å²) in [6.45, 7) is 0.644. The third-order valence-corrected chi connectivity index (χ3v) is 4.42. The zero-order chi connectivity index (χ0) is 15.9. The quantitative estimate of drug-likeness (QED) is 0.664. The summed E-state index contributed by atoms with van der Waals surface area (Å²) in [6.07, 6.45) is 7.25. The SMILES string of the molecule is CNC(=O)C[C@H]1CC[C@@H](CNC(=O)CCc2cn[nH]c2)N1C. The predicted molar refractivity (Wildman–Crippen MR) is 83.2 cm³/mol. The minimum absolute atomic E-state index is 0.0596. The van der Waals surface area contributed by atoms with Crippen molar-refractivity contribution in [2.45, 2.75) is 44.2 Å². The normalized spacial score (nSPS) is 21.7. The van der Waals surface area contributed by atoms with E-state index in [0.717, 1.165) is 18.4 Å². The number of H-pyrrole nitrogens is 1. The van der Waals surface area contributed by atoms with E-state index in [0.29, 0.717) is 31.8 Å². The maximum Gasteiger partial charge on any atom is 0.221 e. The highest BCUT2D eigenvalue weighted by Gasteiger charge is 2.31. The van der Waals surface area contributed by atoms with Gasteiger partial charge < -0.3 is 10.6 Å². The fourth-order valence-electron chi connectivity index (χ4n) is 2.89. The Kier molecular flexibility index (Phi) is 5.94. The van der Waals surface area contributed by atoms with Crippen LogP contribution in [0.4, 0.5) is 0 Å². The third kappa shape index (κ3) is 4.56.